The van der Waals surface area contributed by atoms with Crippen LogP contribution in [-0.4, -0.2) is 41.7 Å². The van der Waals surface area contributed by atoms with E-state index >= 15 is 0 Å². The molecular weight excluding hydrogens is 600 g/mol. The number of amides is 1. The molecule has 0 aliphatic carbocycles. The van der Waals surface area contributed by atoms with Crippen molar-refractivity contribution in [2.75, 3.05) is 13.2 Å². The fraction of sp³-hybridized carbons (Fsp3) is 0.310. The van der Waals surface area contributed by atoms with Gasteiger partial charge < -0.3 is 19.9 Å². The number of rotatable bonds is 10. The van der Waals surface area contributed by atoms with E-state index in [-0.39, 0.29) is 18.6 Å². The number of aliphatic hydroxyl groups is 1. The number of aliphatic imine (C=N–C) groups is 1. The van der Waals surface area contributed by atoms with Crippen molar-refractivity contribution in [3.05, 3.63) is 98.4 Å². The highest BCUT2D eigenvalue weighted by Gasteiger charge is 2.53. The minimum Gasteiger partial charge on any atom is -0.494 e. The fourth-order valence-electron chi connectivity index (χ4n) is 4.22. The molecule has 0 bridgehead atoms. The summed E-state index contributed by atoms with van der Waals surface area (Å²) >= 11 is 7.00. The molecule has 3 aromatic rings. The third-order valence-corrected chi connectivity index (χ3v) is 7.07. The molecule has 0 saturated heterocycles. The van der Waals surface area contributed by atoms with Crippen molar-refractivity contribution in [3.8, 4) is 5.75 Å². The average Bonchev–Trinajstić information content (AvgIpc) is 3.26. The van der Waals surface area contributed by atoms with Gasteiger partial charge in [-0.25, -0.2) is 4.99 Å². The Labute approximate surface area is 234 Å². The first-order valence-electron chi connectivity index (χ1n) is 12.2. The Hall–Kier alpha value is -2.68. The smallest absolute Gasteiger partial charge is 0.252 e. The third-order valence-electron chi connectivity index (χ3n) is 6.01. The molecule has 0 aromatic heterocycles. The lowest BCUT2D eigenvalue weighted by atomic mass is 9.82. The molecule has 6 nitrogen and oxygen atoms in total. The van der Waals surface area contributed by atoms with Crippen LogP contribution >= 0.6 is 31.9 Å². The lowest BCUT2D eigenvalue weighted by Gasteiger charge is -2.31. The molecule has 0 spiro atoms. The lowest BCUT2D eigenvalue weighted by Crippen LogP contribution is -2.51. The summed E-state index contributed by atoms with van der Waals surface area (Å²) in [4.78, 5) is 19.0. The van der Waals surface area contributed by atoms with Gasteiger partial charge in [0.1, 0.15) is 5.75 Å². The Morgan fingerprint density at radius 1 is 1.03 bits per heavy atom. The summed E-state index contributed by atoms with van der Waals surface area (Å²) in [5.41, 5.74) is 1.39. The van der Waals surface area contributed by atoms with E-state index in [1.54, 1.807) is 0 Å². The molecular formula is C29H30Br2N2O4. The summed E-state index contributed by atoms with van der Waals surface area (Å²) in [7, 11) is 0. The first-order chi connectivity index (χ1) is 17.8. The summed E-state index contributed by atoms with van der Waals surface area (Å²) < 4.78 is 14.1. The van der Waals surface area contributed by atoms with E-state index in [9.17, 15) is 4.79 Å². The zero-order chi connectivity index (χ0) is 26.4. The highest BCUT2D eigenvalue weighted by Crippen LogP contribution is 2.43. The highest BCUT2D eigenvalue weighted by molar-refractivity contribution is 9.10. The van der Waals surface area contributed by atoms with E-state index in [0.29, 0.717) is 31.1 Å². The largest absolute Gasteiger partial charge is 0.494 e. The molecule has 1 heterocycles. The van der Waals surface area contributed by atoms with Crippen molar-refractivity contribution < 1.29 is 19.4 Å². The Morgan fingerprint density at radius 2 is 1.65 bits per heavy atom. The summed E-state index contributed by atoms with van der Waals surface area (Å²) in [6.45, 7) is 4.40. The second-order valence-corrected chi connectivity index (χ2v) is 11.1. The maximum absolute atomic E-state index is 13.9. The Bertz CT molecular complexity index is 1230. The number of halogens is 2. The van der Waals surface area contributed by atoms with Gasteiger partial charge in [0.25, 0.3) is 5.91 Å². The van der Waals surface area contributed by atoms with Crippen LogP contribution in [0.15, 0.2) is 86.7 Å². The zero-order valence-electron chi connectivity index (χ0n) is 20.8. The predicted molar refractivity (Wildman–Crippen MR) is 152 cm³/mol. The molecule has 1 aliphatic heterocycles. The van der Waals surface area contributed by atoms with Crippen molar-refractivity contribution >= 4 is 43.7 Å². The Morgan fingerprint density at radius 3 is 2.24 bits per heavy atom. The van der Waals surface area contributed by atoms with Gasteiger partial charge in [0.05, 0.1) is 6.61 Å². The molecule has 0 fully saturated rings. The van der Waals surface area contributed by atoms with Crippen LogP contribution < -0.4 is 10.1 Å². The topological polar surface area (TPSA) is 80.2 Å². The lowest BCUT2D eigenvalue weighted by molar-refractivity contribution is -0.129. The van der Waals surface area contributed by atoms with Crippen LogP contribution in [0, 0.1) is 0 Å². The second-order valence-electron chi connectivity index (χ2n) is 9.27. The first-order valence-corrected chi connectivity index (χ1v) is 13.8. The highest BCUT2D eigenvalue weighted by atomic mass is 79.9. The van der Waals surface area contributed by atoms with Gasteiger partial charge in [0.2, 0.25) is 5.90 Å². The Balaban J connectivity index is 1.77. The number of hydrogen-bond donors (Lipinski definition) is 2. The number of carbonyl (C=O) groups is 1. The first kappa shape index (κ1) is 27.4. The third kappa shape index (κ3) is 6.61. The molecule has 3 aromatic carbocycles. The Kier molecular flexibility index (Phi) is 9.05. The van der Waals surface area contributed by atoms with Gasteiger partial charge in [0.15, 0.2) is 11.6 Å². The van der Waals surface area contributed by atoms with Gasteiger partial charge in [-0.3, -0.25) is 4.79 Å². The van der Waals surface area contributed by atoms with Crippen LogP contribution in [0.2, 0.25) is 0 Å². The van der Waals surface area contributed by atoms with Gasteiger partial charge in [-0.2, -0.15) is 0 Å². The standard InChI is InChI=1S/C29H30Br2N2O4/c1-19(2)32-28(35)29(18-20-4-10-23(30)11-5-20)26(21-6-12-24(31)13-7-21)37-27(33-29)22-8-14-25(15-9-22)36-17-3-16-34/h4-15,19,26,34H,3,16-18H2,1-2H3,(H,32,35)/t26-,29-/m1/s1. The van der Waals surface area contributed by atoms with Crippen LogP contribution in [0.4, 0.5) is 0 Å². The number of hydrogen-bond acceptors (Lipinski definition) is 5. The van der Waals surface area contributed by atoms with Crippen LogP contribution in [0.3, 0.4) is 0 Å². The van der Waals surface area contributed by atoms with Crippen molar-refractivity contribution in [2.45, 2.75) is 44.4 Å². The molecule has 37 heavy (non-hydrogen) atoms. The summed E-state index contributed by atoms with van der Waals surface area (Å²) in [6.07, 6.45) is 0.306. The zero-order valence-corrected chi connectivity index (χ0v) is 24.0. The normalized spacial score (nSPS) is 18.9. The fourth-order valence-corrected chi connectivity index (χ4v) is 4.75. The van der Waals surface area contributed by atoms with Gasteiger partial charge in [-0.15, -0.1) is 0 Å². The molecule has 0 unspecified atom stereocenters. The van der Waals surface area contributed by atoms with E-state index in [4.69, 9.17) is 19.6 Å². The van der Waals surface area contributed by atoms with E-state index in [1.807, 2.05) is 86.6 Å². The molecule has 1 aliphatic rings. The van der Waals surface area contributed by atoms with Crippen molar-refractivity contribution in [3.63, 3.8) is 0 Å². The van der Waals surface area contributed by atoms with E-state index < -0.39 is 11.6 Å². The minimum atomic E-state index is -1.21. The van der Waals surface area contributed by atoms with Crippen LogP contribution in [0.5, 0.6) is 5.75 Å². The molecule has 8 heteroatoms. The molecule has 2 N–H and O–H groups in total. The van der Waals surface area contributed by atoms with E-state index in [1.165, 1.54) is 0 Å². The summed E-state index contributed by atoms with van der Waals surface area (Å²) in [5.74, 6) is 0.919. The average molecular weight is 630 g/mol. The number of benzene rings is 3. The maximum Gasteiger partial charge on any atom is 0.252 e. The molecule has 1 amide bonds. The molecule has 2 atom stereocenters. The van der Waals surface area contributed by atoms with Crippen molar-refractivity contribution in [1.82, 2.24) is 5.32 Å². The van der Waals surface area contributed by atoms with Crippen LogP contribution in [0.25, 0.3) is 0 Å². The quantitative estimate of drug-likeness (QED) is 0.270. The number of nitrogens with zero attached hydrogens (tertiary/aromatic N) is 1. The number of nitrogens with one attached hydrogen (secondary N) is 1. The van der Waals surface area contributed by atoms with Gasteiger partial charge in [-0.1, -0.05) is 56.1 Å². The monoisotopic (exact) mass is 628 g/mol. The molecule has 4 rings (SSSR count). The number of carbonyl (C=O) groups excluding carboxylic acids is 1. The molecule has 0 saturated carbocycles. The van der Waals surface area contributed by atoms with Crippen LogP contribution in [-0.2, 0) is 16.0 Å². The van der Waals surface area contributed by atoms with Crippen LogP contribution in [0.1, 0.15) is 43.1 Å². The van der Waals surface area contributed by atoms with E-state index in [0.717, 1.165) is 25.6 Å². The van der Waals surface area contributed by atoms with Gasteiger partial charge >= 0.3 is 0 Å². The SMILES string of the molecule is CC(C)NC(=O)[C@]1(Cc2ccc(Br)cc2)N=C(c2ccc(OCCCO)cc2)O[C@@H]1c1ccc(Br)cc1. The van der Waals surface area contributed by atoms with Crippen molar-refractivity contribution in [2.24, 2.45) is 4.99 Å². The summed E-state index contributed by atoms with van der Waals surface area (Å²) in [6, 6.07) is 23.1. The summed E-state index contributed by atoms with van der Waals surface area (Å²) in [5, 5.41) is 12.1. The number of aliphatic hydroxyl groups excluding tert-OH is 1. The second kappa shape index (κ2) is 12.2. The van der Waals surface area contributed by atoms with Gasteiger partial charge in [-0.05, 0) is 73.5 Å². The predicted octanol–water partition coefficient (Wildman–Crippen LogP) is 6.00. The van der Waals surface area contributed by atoms with Crippen molar-refractivity contribution in [1.29, 1.82) is 0 Å². The molecule has 0 radical (unpaired) electrons. The number of ether oxygens (including phenoxy) is 2. The van der Waals surface area contributed by atoms with Gasteiger partial charge in [0, 0.05) is 40.0 Å². The maximum atomic E-state index is 13.9. The van der Waals surface area contributed by atoms with E-state index in [2.05, 4.69) is 37.2 Å². The minimum absolute atomic E-state index is 0.0607. The molecule has 194 valence electrons.